The SMILES string of the molecule is COc1cc(CN2CC[C@@H](N)C(C)C2)ccc1C#N. The van der Waals surface area contributed by atoms with Crippen LogP contribution in [-0.2, 0) is 6.54 Å². The quantitative estimate of drug-likeness (QED) is 0.898. The van der Waals surface area contributed by atoms with Gasteiger partial charge in [-0.1, -0.05) is 13.0 Å². The van der Waals surface area contributed by atoms with Crippen LogP contribution in [0.3, 0.4) is 0 Å². The van der Waals surface area contributed by atoms with Gasteiger partial charge in [0.05, 0.1) is 12.7 Å². The Morgan fingerprint density at radius 3 is 2.95 bits per heavy atom. The van der Waals surface area contributed by atoms with Crippen LogP contribution in [0.4, 0.5) is 0 Å². The first kappa shape index (κ1) is 13.9. The molecule has 2 N–H and O–H groups in total. The van der Waals surface area contributed by atoms with E-state index in [4.69, 9.17) is 15.7 Å². The van der Waals surface area contributed by atoms with Crippen LogP contribution in [0.2, 0.25) is 0 Å². The summed E-state index contributed by atoms with van der Waals surface area (Å²) in [4.78, 5) is 2.41. The summed E-state index contributed by atoms with van der Waals surface area (Å²) in [5, 5.41) is 8.97. The van der Waals surface area contributed by atoms with Crippen LogP contribution < -0.4 is 10.5 Å². The summed E-state index contributed by atoms with van der Waals surface area (Å²) in [6.07, 6.45) is 1.05. The zero-order valence-corrected chi connectivity index (χ0v) is 11.6. The molecule has 0 aliphatic carbocycles. The molecule has 2 atom stereocenters. The Bertz CT molecular complexity index is 481. The summed E-state index contributed by atoms with van der Waals surface area (Å²) < 4.78 is 5.24. The molecule has 1 aromatic rings. The highest BCUT2D eigenvalue weighted by atomic mass is 16.5. The van der Waals surface area contributed by atoms with Gasteiger partial charge in [-0.25, -0.2) is 0 Å². The lowest BCUT2D eigenvalue weighted by atomic mass is 9.94. The van der Waals surface area contributed by atoms with E-state index in [0.29, 0.717) is 23.3 Å². The van der Waals surface area contributed by atoms with Crippen molar-refractivity contribution in [2.24, 2.45) is 11.7 Å². The Labute approximate surface area is 114 Å². The standard InChI is InChI=1S/C15H21N3O/c1-11-9-18(6-5-14(11)17)10-12-3-4-13(8-16)15(7-12)19-2/h3-4,7,11,14H,5-6,9-10,17H2,1-2H3/t11?,14-/m1/s1. The van der Waals surface area contributed by atoms with Crippen molar-refractivity contribution in [3.8, 4) is 11.8 Å². The molecule has 1 aliphatic rings. The fraction of sp³-hybridized carbons (Fsp3) is 0.533. The van der Waals surface area contributed by atoms with E-state index in [0.717, 1.165) is 26.1 Å². The molecule has 0 amide bonds. The average molecular weight is 259 g/mol. The van der Waals surface area contributed by atoms with E-state index < -0.39 is 0 Å². The monoisotopic (exact) mass is 259 g/mol. The van der Waals surface area contributed by atoms with Crippen LogP contribution in [0.1, 0.15) is 24.5 Å². The lowest BCUT2D eigenvalue weighted by Crippen LogP contribution is -2.45. The van der Waals surface area contributed by atoms with Crippen LogP contribution in [0, 0.1) is 17.2 Å². The number of benzene rings is 1. The van der Waals surface area contributed by atoms with Gasteiger partial charge < -0.3 is 10.5 Å². The molecule has 1 unspecified atom stereocenters. The van der Waals surface area contributed by atoms with Gasteiger partial charge in [0.1, 0.15) is 11.8 Å². The van der Waals surface area contributed by atoms with E-state index in [9.17, 15) is 0 Å². The first-order chi connectivity index (χ1) is 9.13. The Balaban J connectivity index is 2.06. The second kappa shape index (κ2) is 6.05. The first-order valence-electron chi connectivity index (χ1n) is 6.69. The number of piperidine rings is 1. The van der Waals surface area contributed by atoms with Gasteiger partial charge in [0, 0.05) is 19.1 Å². The minimum absolute atomic E-state index is 0.326. The fourth-order valence-electron chi connectivity index (χ4n) is 2.58. The van der Waals surface area contributed by atoms with Gasteiger partial charge in [-0.05, 0) is 36.6 Å². The molecular weight excluding hydrogens is 238 g/mol. The molecule has 4 nitrogen and oxygen atoms in total. The van der Waals surface area contributed by atoms with Gasteiger partial charge >= 0.3 is 0 Å². The van der Waals surface area contributed by atoms with Crippen LogP contribution in [-0.4, -0.2) is 31.1 Å². The van der Waals surface area contributed by atoms with Gasteiger partial charge in [0.25, 0.3) is 0 Å². The minimum atomic E-state index is 0.326. The zero-order valence-electron chi connectivity index (χ0n) is 11.6. The summed E-state index contributed by atoms with van der Waals surface area (Å²) >= 11 is 0. The molecule has 1 fully saturated rings. The molecule has 102 valence electrons. The fourth-order valence-corrected chi connectivity index (χ4v) is 2.58. The normalized spacial score (nSPS) is 23.9. The lowest BCUT2D eigenvalue weighted by Gasteiger charge is -2.35. The van der Waals surface area contributed by atoms with E-state index in [1.807, 2.05) is 18.2 Å². The number of likely N-dealkylation sites (tertiary alicyclic amines) is 1. The van der Waals surface area contributed by atoms with Crippen molar-refractivity contribution < 1.29 is 4.74 Å². The van der Waals surface area contributed by atoms with Gasteiger partial charge in [-0.2, -0.15) is 5.26 Å². The zero-order chi connectivity index (χ0) is 13.8. The third-order valence-corrected chi connectivity index (χ3v) is 3.85. The van der Waals surface area contributed by atoms with E-state index in [2.05, 4.69) is 17.9 Å². The predicted molar refractivity (Wildman–Crippen MR) is 74.7 cm³/mol. The highest BCUT2D eigenvalue weighted by Gasteiger charge is 2.23. The third-order valence-electron chi connectivity index (χ3n) is 3.85. The Kier molecular flexibility index (Phi) is 4.41. The number of methoxy groups -OCH3 is 1. The van der Waals surface area contributed by atoms with Gasteiger partial charge in [-0.15, -0.1) is 0 Å². The van der Waals surface area contributed by atoms with E-state index in [1.54, 1.807) is 7.11 Å². The molecule has 1 saturated heterocycles. The second-order valence-electron chi connectivity index (χ2n) is 5.31. The molecule has 0 spiro atoms. The van der Waals surface area contributed by atoms with Crippen molar-refractivity contribution in [3.63, 3.8) is 0 Å². The summed E-state index contributed by atoms with van der Waals surface area (Å²) in [7, 11) is 1.60. The molecule has 1 heterocycles. The maximum absolute atomic E-state index is 8.97. The molecular formula is C15H21N3O. The highest BCUT2D eigenvalue weighted by Crippen LogP contribution is 2.22. The molecule has 0 radical (unpaired) electrons. The van der Waals surface area contributed by atoms with Crippen molar-refractivity contribution >= 4 is 0 Å². The topological polar surface area (TPSA) is 62.3 Å². The largest absolute Gasteiger partial charge is 0.495 e. The predicted octanol–water partition coefficient (Wildman–Crippen LogP) is 1.74. The van der Waals surface area contributed by atoms with Crippen molar-refractivity contribution in [1.29, 1.82) is 5.26 Å². The molecule has 0 aromatic heterocycles. The Hall–Kier alpha value is -1.57. The molecule has 1 aliphatic heterocycles. The van der Waals surface area contributed by atoms with Crippen LogP contribution >= 0.6 is 0 Å². The van der Waals surface area contributed by atoms with Crippen LogP contribution in [0.25, 0.3) is 0 Å². The van der Waals surface area contributed by atoms with Crippen molar-refractivity contribution in [2.45, 2.75) is 25.9 Å². The van der Waals surface area contributed by atoms with Crippen LogP contribution in [0.15, 0.2) is 18.2 Å². The molecule has 4 heteroatoms. The number of hydrogen-bond donors (Lipinski definition) is 1. The number of ether oxygens (including phenoxy) is 1. The summed E-state index contributed by atoms with van der Waals surface area (Å²) in [6.45, 7) is 5.16. The van der Waals surface area contributed by atoms with Crippen LogP contribution in [0.5, 0.6) is 5.75 Å². The van der Waals surface area contributed by atoms with E-state index in [1.165, 1.54) is 5.56 Å². The molecule has 0 bridgehead atoms. The lowest BCUT2D eigenvalue weighted by molar-refractivity contribution is 0.157. The molecule has 1 aromatic carbocycles. The first-order valence-corrected chi connectivity index (χ1v) is 6.69. The smallest absolute Gasteiger partial charge is 0.136 e. The average Bonchev–Trinajstić information content (AvgIpc) is 2.43. The highest BCUT2D eigenvalue weighted by molar-refractivity contribution is 5.45. The van der Waals surface area contributed by atoms with Gasteiger partial charge in [0.2, 0.25) is 0 Å². The summed E-state index contributed by atoms with van der Waals surface area (Å²) in [5.74, 6) is 1.19. The number of nitrogens with two attached hydrogens (primary N) is 1. The van der Waals surface area contributed by atoms with E-state index in [-0.39, 0.29) is 0 Å². The maximum Gasteiger partial charge on any atom is 0.136 e. The Morgan fingerprint density at radius 1 is 1.53 bits per heavy atom. The molecule has 0 saturated carbocycles. The summed E-state index contributed by atoms with van der Waals surface area (Å²) in [5.41, 5.74) is 7.80. The number of nitriles is 1. The second-order valence-corrected chi connectivity index (χ2v) is 5.31. The third kappa shape index (κ3) is 3.25. The summed E-state index contributed by atoms with van der Waals surface area (Å²) in [6, 6.07) is 8.24. The molecule has 2 rings (SSSR count). The van der Waals surface area contributed by atoms with Gasteiger partial charge in [-0.3, -0.25) is 4.90 Å². The number of hydrogen-bond acceptors (Lipinski definition) is 4. The molecule has 19 heavy (non-hydrogen) atoms. The number of rotatable bonds is 3. The van der Waals surface area contributed by atoms with Crippen molar-refractivity contribution in [1.82, 2.24) is 4.90 Å². The van der Waals surface area contributed by atoms with Gasteiger partial charge in [0.15, 0.2) is 0 Å². The maximum atomic E-state index is 8.97. The Morgan fingerprint density at radius 2 is 2.32 bits per heavy atom. The van der Waals surface area contributed by atoms with Crippen molar-refractivity contribution in [2.75, 3.05) is 20.2 Å². The van der Waals surface area contributed by atoms with E-state index >= 15 is 0 Å². The minimum Gasteiger partial charge on any atom is -0.495 e. The van der Waals surface area contributed by atoms with Crippen molar-refractivity contribution in [3.05, 3.63) is 29.3 Å². The number of nitrogens with zero attached hydrogens (tertiary/aromatic N) is 2.